The van der Waals surface area contributed by atoms with Gasteiger partial charge >= 0.3 is 0 Å². The van der Waals surface area contributed by atoms with Gasteiger partial charge < -0.3 is 4.90 Å². The summed E-state index contributed by atoms with van der Waals surface area (Å²) in [5, 5.41) is 0. The largest absolute Gasteiger partial charge is 0.306 e. The minimum atomic E-state index is 0.747. The van der Waals surface area contributed by atoms with Crippen LogP contribution >= 0.6 is 15.9 Å². The normalized spacial score (nSPS) is 20.4. The molecule has 2 heteroatoms. The maximum atomic E-state index is 3.76. The van der Waals surface area contributed by atoms with Gasteiger partial charge in [-0.25, -0.2) is 0 Å². The minimum Gasteiger partial charge on any atom is -0.306 e. The molecule has 0 atom stereocenters. The van der Waals surface area contributed by atoms with E-state index >= 15 is 0 Å². The van der Waals surface area contributed by atoms with Crippen LogP contribution in [0.3, 0.4) is 0 Å². The number of benzene rings is 2. The molecule has 1 saturated carbocycles. The van der Waals surface area contributed by atoms with Crippen LogP contribution in [0.2, 0.25) is 0 Å². The molecule has 3 rings (SSSR count). The van der Waals surface area contributed by atoms with E-state index in [2.05, 4.69) is 82.5 Å². The Bertz CT molecular complexity index is 629. The Morgan fingerprint density at radius 3 is 2.15 bits per heavy atom. The Balaban J connectivity index is 1.36. The molecule has 1 aliphatic rings. The second-order valence-electron chi connectivity index (χ2n) is 7.83. The lowest BCUT2D eigenvalue weighted by Crippen LogP contribution is -2.22. The van der Waals surface area contributed by atoms with Gasteiger partial charge in [0.2, 0.25) is 0 Å². The molecule has 0 aliphatic heterocycles. The van der Waals surface area contributed by atoms with Crippen molar-refractivity contribution in [2.75, 3.05) is 20.1 Å². The van der Waals surface area contributed by atoms with Gasteiger partial charge in [-0.15, -0.1) is 0 Å². The first-order chi connectivity index (χ1) is 12.7. The van der Waals surface area contributed by atoms with Crippen molar-refractivity contribution in [2.45, 2.75) is 55.7 Å². The van der Waals surface area contributed by atoms with Gasteiger partial charge in [0.1, 0.15) is 0 Å². The molecule has 0 bridgehead atoms. The Kier molecular flexibility index (Phi) is 7.76. The van der Waals surface area contributed by atoms with Crippen LogP contribution in [0.1, 0.15) is 54.7 Å². The predicted molar refractivity (Wildman–Crippen MR) is 116 cm³/mol. The zero-order valence-electron chi connectivity index (χ0n) is 16.0. The second-order valence-corrected chi connectivity index (χ2v) is 9.13. The number of likely N-dealkylation sites (N-methyl/N-ethyl adjacent to an activating group) is 1. The summed E-state index contributed by atoms with van der Waals surface area (Å²) in [6.45, 7) is 2.31. The van der Waals surface area contributed by atoms with E-state index in [0.29, 0.717) is 0 Å². The Labute approximate surface area is 167 Å². The van der Waals surface area contributed by atoms with Gasteiger partial charge in [0.05, 0.1) is 0 Å². The van der Waals surface area contributed by atoms with Crippen LogP contribution in [0.5, 0.6) is 0 Å². The maximum Gasteiger partial charge on any atom is 0.0146 e. The van der Waals surface area contributed by atoms with Crippen LogP contribution in [0.25, 0.3) is 0 Å². The third-order valence-corrected chi connectivity index (χ3v) is 6.65. The smallest absolute Gasteiger partial charge is 0.0146 e. The van der Waals surface area contributed by atoms with E-state index in [0.717, 1.165) is 23.7 Å². The van der Waals surface area contributed by atoms with Crippen LogP contribution < -0.4 is 0 Å². The van der Waals surface area contributed by atoms with Gasteiger partial charge in [-0.05, 0) is 81.1 Å². The molecule has 140 valence electrons. The summed E-state index contributed by atoms with van der Waals surface area (Å²) in [6.07, 6.45) is 8.87. The van der Waals surface area contributed by atoms with Crippen molar-refractivity contribution in [3.05, 3.63) is 71.3 Å². The molecular weight excluding hydrogens is 382 g/mol. The molecule has 2 aromatic rings. The fraction of sp³-hybridized carbons (Fsp3) is 0.500. The van der Waals surface area contributed by atoms with Crippen molar-refractivity contribution in [2.24, 2.45) is 0 Å². The van der Waals surface area contributed by atoms with Crippen LogP contribution in [0.15, 0.2) is 54.6 Å². The number of aryl methyl sites for hydroxylation is 1. The fourth-order valence-corrected chi connectivity index (χ4v) is 4.50. The van der Waals surface area contributed by atoms with E-state index < -0.39 is 0 Å². The second kappa shape index (κ2) is 10.3. The summed E-state index contributed by atoms with van der Waals surface area (Å²) in [5.41, 5.74) is 4.47. The maximum absolute atomic E-state index is 3.76. The monoisotopic (exact) mass is 413 g/mol. The molecule has 1 nitrogen and oxygen atoms in total. The lowest BCUT2D eigenvalue weighted by Gasteiger charge is -2.25. The highest BCUT2D eigenvalue weighted by atomic mass is 79.9. The molecule has 0 N–H and O–H groups in total. The number of hydrogen-bond acceptors (Lipinski definition) is 1. The molecule has 0 aromatic heterocycles. The standard InChI is InChI=1S/C24H32BrN/c1-26(19-17-20-6-3-2-4-7-20)18-5-8-21-9-11-22(12-10-21)23-13-15-24(25)16-14-23/h2-4,6-7,9-12,23-24H,5,8,13-19H2,1H3. The molecule has 1 aliphatic carbocycles. The highest BCUT2D eigenvalue weighted by Crippen LogP contribution is 2.35. The summed E-state index contributed by atoms with van der Waals surface area (Å²) < 4.78 is 0. The van der Waals surface area contributed by atoms with Crippen LogP contribution in [-0.2, 0) is 12.8 Å². The highest BCUT2D eigenvalue weighted by molar-refractivity contribution is 9.09. The molecule has 0 unspecified atom stereocenters. The van der Waals surface area contributed by atoms with Crippen molar-refractivity contribution in [1.29, 1.82) is 0 Å². The van der Waals surface area contributed by atoms with Gasteiger partial charge in [-0.1, -0.05) is 70.5 Å². The molecule has 0 radical (unpaired) electrons. The van der Waals surface area contributed by atoms with Gasteiger partial charge in [-0.3, -0.25) is 0 Å². The van der Waals surface area contributed by atoms with Crippen molar-refractivity contribution < 1.29 is 0 Å². The first-order valence-electron chi connectivity index (χ1n) is 10.2. The summed E-state index contributed by atoms with van der Waals surface area (Å²) in [5.74, 6) is 0.780. The van der Waals surface area contributed by atoms with Crippen molar-refractivity contribution in [3.8, 4) is 0 Å². The van der Waals surface area contributed by atoms with Crippen molar-refractivity contribution >= 4 is 15.9 Å². The summed E-state index contributed by atoms with van der Waals surface area (Å²) in [4.78, 5) is 3.21. The molecular formula is C24H32BrN. The summed E-state index contributed by atoms with van der Waals surface area (Å²) in [6, 6.07) is 20.3. The van der Waals surface area contributed by atoms with E-state index in [1.807, 2.05) is 0 Å². The van der Waals surface area contributed by atoms with E-state index in [1.54, 1.807) is 5.56 Å². The Morgan fingerprint density at radius 2 is 1.46 bits per heavy atom. The van der Waals surface area contributed by atoms with Crippen molar-refractivity contribution in [3.63, 3.8) is 0 Å². The third-order valence-electron chi connectivity index (χ3n) is 5.74. The Hall–Kier alpha value is -1.12. The lowest BCUT2D eigenvalue weighted by molar-refractivity contribution is 0.333. The van der Waals surface area contributed by atoms with Gasteiger partial charge in [0, 0.05) is 11.4 Å². The van der Waals surface area contributed by atoms with E-state index in [4.69, 9.17) is 0 Å². The number of hydrogen-bond donors (Lipinski definition) is 0. The highest BCUT2D eigenvalue weighted by Gasteiger charge is 2.20. The van der Waals surface area contributed by atoms with Crippen LogP contribution in [0, 0.1) is 0 Å². The number of rotatable bonds is 8. The van der Waals surface area contributed by atoms with Crippen molar-refractivity contribution in [1.82, 2.24) is 4.90 Å². The first kappa shape index (κ1) is 19.6. The fourth-order valence-electron chi connectivity index (χ4n) is 3.97. The third kappa shape index (κ3) is 6.25. The average molecular weight is 414 g/mol. The first-order valence-corrected chi connectivity index (χ1v) is 11.1. The van der Waals surface area contributed by atoms with Gasteiger partial charge in [-0.2, -0.15) is 0 Å². The van der Waals surface area contributed by atoms with E-state index in [-0.39, 0.29) is 0 Å². The zero-order chi connectivity index (χ0) is 18.2. The molecule has 0 amide bonds. The average Bonchev–Trinajstić information content (AvgIpc) is 2.68. The van der Waals surface area contributed by atoms with Gasteiger partial charge in [0.15, 0.2) is 0 Å². The molecule has 1 fully saturated rings. The van der Waals surface area contributed by atoms with Crippen LogP contribution in [0.4, 0.5) is 0 Å². The summed E-state index contributed by atoms with van der Waals surface area (Å²) >= 11 is 3.76. The van der Waals surface area contributed by atoms with E-state index in [9.17, 15) is 0 Å². The molecule has 0 saturated heterocycles. The molecule has 0 heterocycles. The quantitative estimate of drug-likeness (QED) is 0.464. The zero-order valence-corrected chi connectivity index (χ0v) is 17.6. The number of halogens is 1. The SMILES string of the molecule is CN(CCCc1ccc(C2CCC(Br)CC2)cc1)CCc1ccccc1. The van der Waals surface area contributed by atoms with E-state index in [1.165, 1.54) is 56.2 Å². The minimum absolute atomic E-state index is 0.747. The number of nitrogens with zero attached hydrogens (tertiary/aromatic N) is 1. The van der Waals surface area contributed by atoms with Gasteiger partial charge in [0.25, 0.3) is 0 Å². The van der Waals surface area contributed by atoms with Crippen LogP contribution in [-0.4, -0.2) is 29.9 Å². The Morgan fingerprint density at radius 1 is 0.808 bits per heavy atom. The number of alkyl halides is 1. The molecule has 2 aromatic carbocycles. The summed E-state index contributed by atoms with van der Waals surface area (Å²) in [7, 11) is 2.24. The molecule has 26 heavy (non-hydrogen) atoms. The lowest BCUT2D eigenvalue weighted by atomic mass is 9.84. The topological polar surface area (TPSA) is 3.24 Å². The molecule has 0 spiro atoms. The predicted octanol–water partition coefficient (Wildman–Crippen LogP) is 6.21.